The Morgan fingerprint density at radius 3 is 2.73 bits per heavy atom. The molecule has 0 aromatic heterocycles. The summed E-state index contributed by atoms with van der Waals surface area (Å²) in [5, 5.41) is 3.44. The smallest absolute Gasteiger partial charge is 0.163 e. The first-order valence-corrected chi connectivity index (χ1v) is 6.85. The predicted molar refractivity (Wildman–Crippen MR) is 65.0 cm³/mol. The van der Waals surface area contributed by atoms with Crippen LogP contribution >= 0.6 is 11.8 Å². The summed E-state index contributed by atoms with van der Waals surface area (Å²) in [6.45, 7) is 7.87. The summed E-state index contributed by atoms with van der Waals surface area (Å²) in [5.74, 6) is 2.20. The lowest BCUT2D eigenvalue weighted by Crippen LogP contribution is -2.51. The number of thioether (sulfide) groups is 1. The van der Waals surface area contributed by atoms with E-state index in [-0.39, 0.29) is 4.87 Å². The van der Waals surface area contributed by atoms with E-state index in [4.69, 9.17) is 0 Å². The molecule has 2 fully saturated rings. The van der Waals surface area contributed by atoms with Gasteiger partial charge in [-0.05, 0) is 24.2 Å². The Morgan fingerprint density at radius 1 is 1.47 bits per heavy atom. The third-order valence-corrected chi connectivity index (χ3v) is 5.23. The average molecular weight is 227 g/mol. The summed E-state index contributed by atoms with van der Waals surface area (Å²) in [6.07, 6.45) is 2.87. The molecule has 1 aliphatic heterocycles. The molecule has 1 saturated carbocycles. The maximum absolute atomic E-state index is 12.0. The average Bonchev–Trinajstić information content (AvgIpc) is 2.58. The van der Waals surface area contributed by atoms with E-state index in [0.29, 0.717) is 17.1 Å². The third kappa shape index (κ3) is 2.09. The highest BCUT2D eigenvalue weighted by Gasteiger charge is 2.48. The Bertz CT molecular complexity index is 263. The van der Waals surface area contributed by atoms with Gasteiger partial charge in [-0.15, -0.1) is 11.8 Å². The molecule has 2 unspecified atom stereocenters. The van der Waals surface area contributed by atoms with Gasteiger partial charge in [-0.1, -0.05) is 20.8 Å². The largest absolute Gasteiger partial charge is 0.297 e. The van der Waals surface area contributed by atoms with Crippen molar-refractivity contribution in [2.75, 3.05) is 12.3 Å². The monoisotopic (exact) mass is 227 g/mol. The molecule has 0 amide bonds. The van der Waals surface area contributed by atoms with E-state index in [1.807, 2.05) is 11.8 Å². The van der Waals surface area contributed by atoms with Crippen LogP contribution in [0.1, 0.15) is 40.0 Å². The predicted octanol–water partition coefficient (Wildman–Crippen LogP) is 2.43. The van der Waals surface area contributed by atoms with Crippen molar-refractivity contribution >= 4 is 17.5 Å². The molecule has 1 N–H and O–H groups in total. The van der Waals surface area contributed by atoms with Crippen LogP contribution in [0.2, 0.25) is 0 Å². The molecule has 0 bridgehead atoms. The minimum atomic E-state index is -0.212. The highest BCUT2D eigenvalue weighted by molar-refractivity contribution is 8.01. The summed E-state index contributed by atoms with van der Waals surface area (Å²) in [6, 6.07) is 0. The normalized spacial score (nSPS) is 37.5. The molecule has 15 heavy (non-hydrogen) atoms. The fourth-order valence-electron chi connectivity index (χ4n) is 2.65. The van der Waals surface area contributed by atoms with Crippen LogP contribution in [0.25, 0.3) is 0 Å². The lowest BCUT2D eigenvalue weighted by molar-refractivity contribution is -0.125. The van der Waals surface area contributed by atoms with Crippen LogP contribution in [0.5, 0.6) is 0 Å². The SMILES string of the molecule is CC(C)(C)C1CCC(=O)C2(C1)NCCS2. The quantitative estimate of drug-likeness (QED) is 0.689. The van der Waals surface area contributed by atoms with Crippen molar-refractivity contribution in [3.63, 3.8) is 0 Å². The van der Waals surface area contributed by atoms with Gasteiger partial charge in [0, 0.05) is 18.7 Å². The zero-order chi connectivity index (χ0) is 11.1. The number of ketones is 1. The molecule has 0 aromatic rings. The number of carbonyl (C=O) groups is 1. The summed E-state index contributed by atoms with van der Waals surface area (Å²) < 4.78 is 0. The molecular weight excluding hydrogens is 206 g/mol. The van der Waals surface area contributed by atoms with Crippen LogP contribution in [-0.2, 0) is 4.79 Å². The van der Waals surface area contributed by atoms with Crippen LogP contribution in [0.15, 0.2) is 0 Å². The van der Waals surface area contributed by atoms with Crippen LogP contribution in [0.3, 0.4) is 0 Å². The van der Waals surface area contributed by atoms with Gasteiger partial charge in [0.1, 0.15) is 4.87 Å². The third-order valence-electron chi connectivity index (χ3n) is 3.79. The van der Waals surface area contributed by atoms with Gasteiger partial charge in [-0.3, -0.25) is 10.1 Å². The maximum atomic E-state index is 12.0. The van der Waals surface area contributed by atoms with Crippen molar-refractivity contribution in [3.8, 4) is 0 Å². The van der Waals surface area contributed by atoms with Gasteiger partial charge in [0.05, 0.1) is 0 Å². The van der Waals surface area contributed by atoms with Gasteiger partial charge in [0.25, 0.3) is 0 Å². The summed E-state index contributed by atoms with van der Waals surface area (Å²) >= 11 is 1.83. The second kappa shape index (κ2) is 3.77. The van der Waals surface area contributed by atoms with Crippen LogP contribution in [-0.4, -0.2) is 23.0 Å². The first-order chi connectivity index (χ1) is 6.94. The fraction of sp³-hybridized carbons (Fsp3) is 0.917. The molecule has 0 radical (unpaired) electrons. The molecule has 1 aliphatic carbocycles. The van der Waals surface area contributed by atoms with Gasteiger partial charge in [0.2, 0.25) is 0 Å². The Morgan fingerprint density at radius 2 is 2.20 bits per heavy atom. The Hall–Kier alpha value is -0.0200. The molecule has 86 valence electrons. The molecule has 2 atom stereocenters. The first kappa shape index (κ1) is 11.5. The van der Waals surface area contributed by atoms with E-state index < -0.39 is 0 Å². The molecule has 1 heterocycles. The van der Waals surface area contributed by atoms with Crippen molar-refractivity contribution in [3.05, 3.63) is 0 Å². The molecular formula is C12H21NOS. The van der Waals surface area contributed by atoms with Gasteiger partial charge in [-0.25, -0.2) is 0 Å². The lowest BCUT2D eigenvalue weighted by Gasteiger charge is -2.41. The second-order valence-corrected chi connectivity index (χ2v) is 7.23. The highest BCUT2D eigenvalue weighted by atomic mass is 32.2. The van der Waals surface area contributed by atoms with E-state index in [0.717, 1.165) is 31.6 Å². The highest BCUT2D eigenvalue weighted by Crippen LogP contribution is 2.46. The minimum Gasteiger partial charge on any atom is -0.297 e. The molecule has 1 spiro atoms. The number of Topliss-reactive ketones (excluding diaryl/α,β-unsaturated/α-hetero) is 1. The Labute approximate surface area is 96.6 Å². The molecule has 2 aliphatic rings. The number of nitrogens with one attached hydrogen (secondary N) is 1. The second-order valence-electron chi connectivity index (χ2n) is 5.83. The summed E-state index contributed by atoms with van der Waals surface area (Å²) in [7, 11) is 0. The number of rotatable bonds is 0. The van der Waals surface area contributed by atoms with Crippen molar-refractivity contribution in [2.24, 2.45) is 11.3 Å². The molecule has 1 saturated heterocycles. The van der Waals surface area contributed by atoms with Crippen LogP contribution in [0, 0.1) is 11.3 Å². The fourth-order valence-corrected chi connectivity index (χ4v) is 3.99. The van der Waals surface area contributed by atoms with Crippen molar-refractivity contribution in [2.45, 2.75) is 44.9 Å². The zero-order valence-corrected chi connectivity index (χ0v) is 10.7. The van der Waals surface area contributed by atoms with E-state index in [9.17, 15) is 4.79 Å². The van der Waals surface area contributed by atoms with Crippen molar-refractivity contribution < 1.29 is 4.79 Å². The number of hydrogen-bond acceptors (Lipinski definition) is 3. The number of carbonyl (C=O) groups excluding carboxylic acids is 1. The summed E-state index contributed by atoms with van der Waals surface area (Å²) in [5.41, 5.74) is 0.332. The van der Waals surface area contributed by atoms with Gasteiger partial charge >= 0.3 is 0 Å². The van der Waals surface area contributed by atoms with Crippen molar-refractivity contribution in [1.29, 1.82) is 0 Å². The van der Waals surface area contributed by atoms with E-state index in [1.165, 1.54) is 0 Å². The van der Waals surface area contributed by atoms with Crippen LogP contribution in [0.4, 0.5) is 0 Å². The van der Waals surface area contributed by atoms with Crippen LogP contribution < -0.4 is 5.32 Å². The minimum absolute atomic E-state index is 0.212. The Kier molecular flexibility index (Phi) is 2.89. The molecule has 0 aromatic carbocycles. The van der Waals surface area contributed by atoms with E-state index in [1.54, 1.807) is 0 Å². The first-order valence-electron chi connectivity index (χ1n) is 5.86. The summed E-state index contributed by atoms with van der Waals surface area (Å²) in [4.78, 5) is 11.8. The van der Waals surface area contributed by atoms with Gasteiger partial charge < -0.3 is 0 Å². The number of hydrogen-bond donors (Lipinski definition) is 1. The zero-order valence-electron chi connectivity index (χ0n) is 9.93. The van der Waals surface area contributed by atoms with E-state index in [2.05, 4.69) is 26.1 Å². The molecule has 2 rings (SSSR count). The Balaban J connectivity index is 2.14. The maximum Gasteiger partial charge on any atom is 0.163 e. The van der Waals surface area contributed by atoms with E-state index >= 15 is 0 Å². The van der Waals surface area contributed by atoms with Crippen molar-refractivity contribution in [1.82, 2.24) is 5.32 Å². The standard InChI is InChI=1S/C12H21NOS/c1-11(2,3)9-4-5-10(14)12(8-9)13-6-7-15-12/h9,13H,4-8H2,1-3H3. The lowest BCUT2D eigenvalue weighted by atomic mass is 9.70. The van der Waals surface area contributed by atoms with Gasteiger partial charge in [0.15, 0.2) is 5.78 Å². The van der Waals surface area contributed by atoms with Gasteiger partial charge in [-0.2, -0.15) is 0 Å². The molecule has 2 nitrogen and oxygen atoms in total. The molecule has 3 heteroatoms. The topological polar surface area (TPSA) is 29.1 Å².